The molecule has 0 aliphatic heterocycles. The zero-order valence-corrected chi connectivity index (χ0v) is 23.0. The number of benzene rings is 2. The number of hydrogen-bond acceptors (Lipinski definition) is 4. The molecule has 5 nitrogen and oxygen atoms in total. The molecule has 0 saturated carbocycles. The number of aryl methyl sites for hydroxylation is 1. The smallest absolute Gasteiger partial charge is 0.871 e. The van der Waals surface area contributed by atoms with Crippen molar-refractivity contribution in [3.8, 4) is 17.2 Å². The summed E-state index contributed by atoms with van der Waals surface area (Å²) < 4.78 is 38.8. The van der Waals surface area contributed by atoms with Gasteiger partial charge in [0.15, 0.2) is 0 Å². The van der Waals surface area contributed by atoms with Crippen molar-refractivity contribution in [3.63, 3.8) is 0 Å². The Balaban J connectivity index is 0.00000544. The summed E-state index contributed by atoms with van der Waals surface area (Å²) >= 11 is 0. The summed E-state index contributed by atoms with van der Waals surface area (Å²) in [6.45, 7) is 2.23. The van der Waals surface area contributed by atoms with Crippen molar-refractivity contribution in [1.29, 1.82) is 0 Å². The molecule has 0 unspecified atom stereocenters. The van der Waals surface area contributed by atoms with Crippen LogP contribution in [0.4, 0.5) is 0 Å². The van der Waals surface area contributed by atoms with E-state index in [-0.39, 0.29) is 35.3 Å². The van der Waals surface area contributed by atoms with Gasteiger partial charge in [-0.05, 0) is 42.7 Å². The Morgan fingerprint density at radius 3 is 1.82 bits per heavy atom. The summed E-state index contributed by atoms with van der Waals surface area (Å²) in [5.74, 6) is 0.0974. The Labute approximate surface area is 222 Å². The molecule has 0 aromatic heterocycles. The van der Waals surface area contributed by atoms with Gasteiger partial charge in [-0.1, -0.05) is 102 Å². The summed E-state index contributed by atoms with van der Waals surface area (Å²) in [6, 6.07) is 11.7. The van der Waals surface area contributed by atoms with Crippen LogP contribution in [0.5, 0.6) is 17.2 Å². The number of unbranched alkanes of at least 4 members (excludes halogenated alkanes) is 11. The molecule has 0 bridgehead atoms. The molecule has 2 aromatic carbocycles. The van der Waals surface area contributed by atoms with E-state index in [9.17, 15) is 18.1 Å². The maximum absolute atomic E-state index is 12.4. The fourth-order valence-corrected chi connectivity index (χ4v) is 4.76. The maximum Gasteiger partial charge on any atom is 1.00 e. The molecular weight excluding hydrogens is 447 g/mol. The van der Waals surface area contributed by atoms with E-state index in [2.05, 4.69) is 6.92 Å². The van der Waals surface area contributed by atoms with Gasteiger partial charge in [-0.15, -0.1) is 0 Å². The second-order valence-electron chi connectivity index (χ2n) is 8.44. The second-order valence-corrected chi connectivity index (χ2v) is 9.80. The van der Waals surface area contributed by atoms with Crippen LogP contribution in [0.25, 0.3) is 0 Å². The van der Waals surface area contributed by atoms with E-state index < -0.39 is 20.8 Å². The van der Waals surface area contributed by atoms with Crippen LogP contribution >= 0.6 is 0 Å². The molecule has 0 atom stereocenters. The average molecular weight is 485 g/mol. The first-order valence-electron chi connectivity index (χ1n) is 12.0. The van der Waals surface area contributed by atoms with Crippen LogP contribution in [-0.2, 0) is 16.5 Å². The molecule has 0 aliphatic rings. The van der Waals surface area contributed by atoms with Crippen molar-refractivity contribution in [2.24, 2.45) is 0 Å². The Morgan fingerprint density at radius 1 is 0.788 bits per heavy atom. The molecule has 178 valence electrons. The minimum absolute atomic E-state index is 0. The Hall–Kier alpha value is -1.05. The molecule has 0 spiro atoms. The van der Waals surface area contributed by atoms with Gasteiger partial charge in [-0.3, -0.25) is 4.55 Å². The first-order chi connectivity index (χ1) is 15.4. The van der Waals surface area contributed by atoms with Gasteiger partial charge in [0.05, 0.1) is 4.90 Å². The van der Waals surface area contributed by atoms with Gasteiger partial charge < -0.3 is 9.84 Å². The van der Waals surface area contributed by atoms with Crippen LogP contribution in [0, 0.1) is 0 Å². The van der Waals surface area contributed by atoms with E-state index in [1.807, 2.05) is 18.2 Å². The quantitative estimate of drug-likeness (QED) is 0.221. The Morgan fingerprint density at radius 2 is 1.30 bits per heavy atom. The predicted octanol–water partition coefficient (Wildman–Crippen LogP) is 4.05. The zero-order chi connectivity index (χ0) is 23.2. The molecule has 7 heteroatoms. The topological polar surface area (TPSA) is 86.7 Å². The van der Waals surface area contributed by atoms with Crippen LogP contribution in [0.2, 0.25) is 0 Å². The third-order valence-corrected chi connectivity index (χ3v) is 6.62. The third kappa shape index (κ3) is 11.8. The van der Waals surface area contributed by atoms with E-state index in [4.69, 9.17) is 4.74 Å². The third-order valence-electron chi connectivity index (χ3n) is 5.64. The molecule has 2 aromatic rings. The predicted molar refractivity (Wildman–Crippen MR) is 127 cm³/mol. The van der Waals surface area contributed by atoms with E-state index in [1.165, 1.54) is 57.8 Å². The maximum atomic E-state index is 12.4. The van der Waals surface area contributed by atoms with Crippen LogP contribution in [0.15, 0.2) is 47.4 Å². The van der Waals surface area contributed by atoms with Gasteiger partial charge >= 0.3 is 29.6 Å². The molecule has 33 heavy (non-hydrogen) atoms. The number of ether oxygens (including phenoxy) is 1. The van der Waals surface area contributed by atoms with Crippen LogP contribution in [0.1, 0.15) is 89.5 Å². The van der Waals surface area contributed by atoms with E-state index in [0.717, 1.165) is 25.3 Å². The zero-order valence-electron chi connectivity index (χ0n) is 20.2. The molecule has 1 N–H and O–H groups in total. The first kappa shape index (κ1) is 30.0. The fraction of sp³-hybridized carbons (Fsp3) is 0.538. The van der Waals surface area contributed by atoms with Gasteiger partial charge in [0.1, 0.15) is 11.5 Å². The molecule has 0 heterocycles. The Bertz CT molecular complexity index is 900. The molecule has 0 radical (unpaired) electrons. The first-order valence-corrected chi connectivity index (χ1v) is 13.4. The minimum atomic E-state index is -4.59. The van der Waals surface area contributed by atoms with Gasteiger partial charge in [-0.25, -0.2) is 0 Å². The molecule has 0 fully saturated rings. The van der Waals surface area contributed by atoms with Crippen LogP contribution in [0.3, 0.4) is 0 Å². The van der Waals surface area contributed by atoms with Gasteiger partial charge in [0.25, 0.3) is 10.1 Å². The van der Waals surface area contributed by atoms with Gasteiger partial charge in [0, 0.05) is 0 Å². The van der Waals surface area contributed by atoms with Crippen molar-refractivity contribution < 1.29 is 52.4 Å². The van der Waals surface area contributed by atoms with E-state index >= 15 is 0 Å². The molecule has 0 saturated heterocycles. The summed E-state index contributed by atoms with van der Waals surface area (Å²) in [4.78, 5) is -0.527. The van der Waals surface area contributed by atoms with Crippen molar-refractivity contribution in [2.75, 3.05) is 0 Å². The second kappa shape index (κ2) is 16.6. The number of rotatable bonds is 16. The summed E-state index contributed by atoms with van der Waals surface area (Å²) in [7, 11) is -4.59. The summed E-state index contributed by atoms with van der Waals surface area (Å²) in [6.07, 6.45) is 14.8. The van der Waals surface area contributed by atoms with E-state index in [0.29, 0.717) is 17.7 Å². The molecule has 0 amide bonds. The number of hydrogen-bond donors (Lipinski definition) is 1. The normalized spacial score (nSPS) is 11.2. The molecule has 2 rings (SSSR count). The average Bonchev–Trinajstić information content (AvgIpc) is 2.74. The number of para-hydroxylation sites is 1. The minimum Gasteiger partial charge on any atom is -0.871 e. The fourth-order valence-electron chi connectivity index (χ4n) is 3.95. The molecular formula is C26H37NaO5S. The van der Waals surface area contributed by atoms with Crippen molar-refractivity contribution >= 4 is 10.1 Å². The monoisotopic (exact) mass is 484 g/mol. The SMILES string of the molecule is CCCCCCCCCCCCCCc1cc(Oc2ccccc2)cc([O-])c1S(=O)(=O)O.[Na+]. The largest absolute Gasteiger partial charge is 1.00 e. The van der Waals surface area contributed by atoms with Crippen LogP contribution in [-0.4, -0.2) is 13.0 Å². The van der Waals surface area contributed by atoms with Gasteiger partial charge in [-0.2, -0.15) is 8.42 Å². The Kier molecular flexibility index (Phi) is 15.0. The van der Waals surface area contributed by atoms with Gasteiger partial charge in [0.2, 0.25) is 0 Å². The van der Waals surface area contributed by atoms with Crippen molar-refractivity contribution in [1.82, 2.24) is 0 Å². The van der Waals surface area contributed by atoms with Crippen molar-refractivity contribution in [2.45, 2.75) is 95.3 Å². The van der Waals surface area contributed by atoms with E-state index in [1.54, 1.807) is 18.2 Å². The summed E-state index contributed by atoms with van der Waals surface area (Å²) in [5, 5.41) is 12.4. The molecule has 0 aliphatic carbocycles. The summed E-state index contributed by atoms with van der Waals surface area (Å²) in [5.41, 5.74) is 0.318. The standard InChI is InChI=1S/C26H38O5S.Na/c1-2-3-4-5-6-7-8-9-10-11-12-14-17-22-20-24(31-23-18-15-13-16-19-23)21-25(27)26(22)32(28,29)30;/h13,15-16,18-21,27H,2-12,14,17H2,1H3,(H,28,29,30);/q;+1/p-1. The van der Waals surface area contributed by atoms with Crippen molar-refractivity contribution in [3.05, 3.63) is 48.0 Å². The van der Waals surface area contributed by atoms with Crippen LogP contribution < -0.4 is 39.4 Å².